The number of aryl methyl sites for hydroxylation is 1. The summed E-state index contributed by atoms with van der Waals surface area (Å²) in [4.78, 5) is 12.2. The molecule has 1 aliphatic heterocycles. The quantitative estimate of drug-likeness (QED) is 0.773. The van der Waals surface area contributed by atoms with Crippen LogP contribution in [0.3, 0.4) is 0 Å². The molecule has 3 rings (SSSR count). The number of phenols is 1. The first-order chi connectivity index (χ1) is 9.97. The summed E-state index contributed by atoms with van der Waals surface area (Å²) < 4.78 is 0.923. The highest BCUT2D eigenvalue weighted by molar-refractivity contribution is 9.10. The summed E-state index contributed by atoms with van der Waals surface area (Å²) in [6, 6.07) is 8.98. The molecule has 0 bridgehead atoms. The number of amides is 1. The molecule has 2 aromatic rings. The maximum Gasteiger partial charge on any atom is 0.251 e. The lowest BCUT2D eigenvalue weighted by Crippen LogP contribution is -2.20. The van der Waals surface area contributed by atoms with Crippen LogP contribution in [-0.2, 0) is 4.79 Å². The van der Waals surface area contributed by atoms with Gasteiger partial charge in [0.05, 0.1) is 0 Å². The summed E-state index contributed by atoms with van der Waals surface area (Å²) in [7, 11) is 0. The number of carbonyl (C=O) groups excluding carboxylic acids is 1. The van der Waals surface area contributed by atoms with Gasteiger partial charge in [-0.3, -0.25) is 4.79 Å². The van der Waals surface area contributed by atoms with Gasteiger partial charge >= 0.3 is 0 Å². The molecule has 1 aliphatic rings. The molecule has 1 heterocycles. The van der Waals surface area contributed by atoms with Crippen LogP contribution in [0.15, 0.2) is 34.8 Å². The molecule has 0 aromatic heterocycles. The minimum Gasteiger partial charge on any atom is -0.507 e. The number of halogens is 1. The first kappa shape index (κ1) is 13.9. The standard InChI is InChI=1S/C16H15BrN2O2/c1-8-3-6-12(9(2)15(8)20)18-14-11-5-4-10(17)7-13(11)19-16(14)21/h3-7,14,18,20H,1-2H3,(H,19,21). The number of nitrogens with one attached hydrogen (secondary N) is 2. The lowest BCUT2D eigenvalue weighted by atomic mass is 10.1. The molecule has 2 aromatic carbocycles. The maximum atomic E-state index is 12.2. The van der Waals surface area contributed by atoms with Crippen molar-refractivity contribution in [2.75, 3.05) is 10.6 Å². The van der Waals surface area contributed by atoms with E-state index in [9.17, 15) is 9.90 Å². The van der Waals surface area contributed by atoms with Crippen molar-refractivity contribution < 1.29 is 9.90 Å². The molecule has 5 heteroatoms. The van der Waals surface area contributed by atoms with Crippen LogP contribution in [0.4, 0.5) is 11.4 Å². The Kier molecular flexibility index (Phi) is 3.37. The summed E-state index contributed by atoms with van der Waals surface area (Å²) in [6.07, 6.45) is 0. The van der Waals surface area contributed by atoms with Crippen molar-refractivity contribution in [3.8, 4) is 5.75 Å². The van der Waals surface area contributed by atoms with Gasteiger partial charge in [-0.1, -0.05) is 28.1 Å². The number of phenolic OH excluding ortho intramolecular Hbond substituents is 1. The fourth-order valence-corrected chi connectivity index (χ4v) is 2.89. The fourth-order valence-electron chi connectivity index (χ4n) is 2.53. The third-order valence-corrected chi connectivity index (χ3v) is 4.27. The van der Waals surface area contributed by atoms with Gasteiger partial charge in [-0.2, -0.15) is 0 Å². The minimum absolute atomic E-state index is 0.0948. The van der Waals surface area contributed by atoms with Gasteiger partial charge in [0, 0.05) is 27.0 Å². The van der Waals surface area contributed by atoms with Crippen LogP contribution in [0.2, 0.25) is 0 Å². The highest BCUT2D eigenvalue weighted by atomic mass is 79.9. The number of hydrogen-bond acceptors (Lipinski definition) is 3. The van der Waals surface area contributed by atoms with E-state index in [1.807, 2.05) is 44.2 Å². The maximum absolute atomic E-state index is 12.2. The average molecular weight is 347 g/mol. The number of benzene rings is 2. The molecule has 1 atom stereocenters. The molecule has 0 spiro atoms. The largest absolute Gasteiger partial charge is 0.507 e. The van der Waals surface area contributed by atoms with Crippen molar-refractivity contribution in [1.29, 1.82) is 0 Å². The Hall–Kier alpha value is -2.01. The summed E-state index contributed by atoms with van der Waals surface area (Å²) in [5, 5.41) is 16.1. The van der Waals surface area contributed by atoms with Crippen molar-refractivity contribution in [2.45, 2.75) is 19.9 Å². The van der Waals surface area contributed by atoms with Crippen molar-refractivity contribution in [2.24, 2.45) is 0 Å². The van der Waals surface area contributed by atoms with Crippen LogP contribution in [-0.4, -0.2) is 11.0 Å². The second kappa shape index (κ2) is 5.07. The van der Waals surface area contributed by atoms with Gasteiger partial charge < -0.3 is 15.7 Å². The second-order valence-corrected chi connectivity index (χ2v) is 6.12. The van der Waals surface area contributed by atoms with Crippen molar-refractivity contribution in [1.82, 2.24) is 0 Å². The van der Waals surface area contributed by atoms with Crippen LogP contribution in [0.1, 0.15) is 22.7 Å². The summed E-state index contributed by atoms with van der Waals surface area (Å²) in [6.45, 7) is 3.68. The van der Waals surface area contributed by atoms with E-state index in [2.05, 4.69) is 26.6 Å². The molecule has 0 fully saturated rings. The van der Waals surface area contributed by atoms with Crippen LogP contribution in [0.25, 0.3) is 0 Å². The Bertz CT molecular complexity index is 743. The highest BCUT2D eigenvalue weighted by Crippen LogP contribution is 2.37. The monoisotopic (exact) mass is 346 g/mol. The molecule has 21 heavy (non-hydrogen) atoms. The molecule has 1 unspecified atom stereocenters. The summed E-state index contributed by atoms with van der Waals surface area (Å²) in [5.41, 5.74) is 4.03. The van der Waals surface area contributed by atoms with Gasteiger partial charge in [-0.05, 0) is 37.6 Å². The zero-order valence-corrected chi connectivity index (χ0v) is 13.3. The van der Waals surface area contributed by atoms with Gasteiger partial charge in [0.15, 0.2) is 0 Å². The van der Waals surface area contributed by atoms with Gasteiger partial charge in [0.25, 0.3) is 5.91 Å². The molecule has 4 nitrogen and oxygen atoms in total. The minimum atomic E-state index is -0.450. The molecule has 0 saturated heterocycles. The Balaban J connectivity index is 1.97. The molecule has 0 saturated carbocycles. The SMILES string of the molecule is Cc1ccc(NC2C(=O)Nc3cc(Br)ccc32)c(C)c1O. The molecular weight excluding hydrogens is 332 g/mol. The smallest absolute Gasteiger partial charge is 0.251 e. The molecule has 3 N–H and O–H groups in total. The predicted molar refractivity (Wildman–Crippen MR) is 86.7 cm³/mol. The van der Waals surface area contributed by atoms with Crippen molar-refractivity contribution >= 4 is 33.2 Å². The molecule has 108 valence electrons. The predicted octanol–water partition coefficient (Wildman–Crippen LogP) is 3.88. The number of aromatic hydroxyl groups is 1. The normalized spacial score (nSPS) is 16.5. The van der Waals surface area contributed by atoms with E-state index in [0.29, 0.717) is 0 Å². The van der Waals surface area contributed by atoms with E-state index >= 15 is 0 Å². The van der Waals surface area contributed by atoms with Crippen molar-refractivity contribution in [3.63, 3.8) is 0 Å². The summed E-state index contributed by atoms with van der Waals surface area (Å²) in [5.74, 6) is 0.164. The first-order valence-corrected chi connectivity index (χ1v) is 7.42. The first-order valence-electron chi connectivity index (χ1n) is 6.63. The van der Waals surface area contributed by atoms with Crippen LogP contribution in [0.5, 0.6) is 5.75 Å². The molecule has 0 aliphatic carbocycles. The Labute approximate surface area is 131 Å². The van der Waals surface area contributed by atoms with E-state index in [1.54, 1.807) is 0 Å². The van der Waals surface area contributed by atoms with Gasteiger partial charge in [-0.25, -0.2) is 0 Å². The molecular formula is C16H15BrN2O2. The van der Waals surface area contributed by atoms with Gasteiger partial charge in [0.1, 0.15) is 11.8 Å². The van der Waals surface area contributed by atoms with E-state index in [-0.39, 0.29) is 11.7 Å². The topological polar surface area (TPSA) is 61.4 Å². The fraction of sp³-hybridized carbons (Fsp3) is 0.188. The van der Waals surface area contributed by atoms with Gasteiger partial charge in [0.2, 0.25) is 0 Å². The van der Waals surface area contributed by atoms with E-state index in [1.165, 1.54) is 0 Å². The zero-order chi connectivity index (χ0) is 15.1. The summed E-state index contributed by atoms with van der Waals surface area (Å²) >= 11 is 3.40. The van der Waals surface area contributed by atoms with Crippen molar-refractivity contribution in [3.05, 3.63) is 51.5 Å². The zero-order valence-electron chi connectivity index (χ0n) is 11.7. The second-order valence-electron chi connectivity index (χ2n) is 5.20. The van der Waals surface area contributed by atoms with Gasteiger partial charge in [-0.15, -0.1) is 0 Å². The Morgan fingerprint density at radius 3 is 2.76 bits per heavy atom. The average Bonchev–Trinajstić information content (AvgIpc) is 2.74. The number of anilines is 2. The Morgan fingerprint density at radius 1 is 1.24 bits per heavy atom. The third kappa shape index (κ3) is 2.38. The number of hydrogen-bond donors (Lipinski definition) is 3. The van der Waals surface area contributed by atoms with E-state index in [0.717, 1.165) is 32.5 Å². The Morgan fingerprint density at radius 2 is 2.00 bits per heavy atom. The lowest BCUT2D eigenvalue weighted by molar-refractivity contribution is -0.116. The third-order valence-electron chi connectivity index (χ3n) is 3.78. The lowest BCUT2D eigenvalue weighted by Gasteiger charge is -2.16. The van der Waals surface area contributed by atoms with E-state index in [4.69, 9.17) is 0 Å². The number of rotatable bonds is 2. The molecule has 0 radical (unpaired) electrons. The van der Waals surface area contributed by atoms with Crippen LogP contribution < -0.4 is 10.6 Å². The van der Waals surface area contributed by atoms with Crippen LogP contribution >= 0.6 is 15.9 Å². The number of fused-ring (bicyclic) bond motifs is 1. The van der Waals surface area contributed by atoms with Crippen LogP contribution in [0, 0.1) is 13.8 Å². The van der Waals surface area contributed by atoms with E-state index < -0.39 is 6.04 Å². The molecule has 1 amide bonds. The highest BCUT2D eigenvalue weighted by Gasteiger charge is 2.30. The number of carbonyl (C=O) groups is 1.